The number of hydrogen-bond acceptors (Lipinski definition) is 2. The Morgan fingerprint density at radius 3 is 2.44 bits per heavy atom. The molecule has 1 saturated carbocycles. The van der Waals surface area contributed by atoms with Gasteiger partial charge in [-0.25, -0.2) is 4.79 Å². The van der Waals surface area contributed by atoms with Crippen molar-refractivity contribution in [3.8, 4) is 0 Å². The number of rotatable bonds is 2. The second-order valence-corrected chi connectivity index (χ2v) is 4.68. The molecule has 1 aromatic rings. The summed E-state index contributed by atoms with van der Waals surface area (Å²) < 4.78 is 0. The van der Waals surface area contributed by atoms with Crippen LogP contribution in [-0.2, 0) is 4.79 Å². The number of nitrogens with zero attached hydrogens (tertiary/aromatic N) is 1. The number of anilines is 1. The predicted molar refractivity (Wildman–Crippen MR) is 70.5 cm³/mol. The van der Waals surface area contributed by atoms with Gasteiger partial charge in [-0.2, -0.15) is 0 Å². The van der Waals surface area contributed by atoms with Crippen molar-refractivity contribution < 1.29 is 9.59 Å². The normalized spacial score (nSPS) is 16.4. The molecule has 0 heterocycles. The maximum absolute atomic E-state index is 12.0. The largest absolute Gasteiger partial charge is 0.325 e. The molecular formula is C14H18N2O2. The van der Waals surface area contributed by atoms with E-state index in [0.29, 0.717) is 18.6 Å². The number of para-hydroxylation sites is 1. The second kappa shape index (κ2) is 5.67. The van der Waals surface area contributed by atoms with Crippen LogP contribution in [0, 0.1) is 0 Å². The fourth-order valence-electron chi connectivity index (χ4n) is 2.21. The van der Waals surface area contributed by atoms with Gasteiger partial charge in [0.15, 0.2) is 0 Å². The number of carbonyl (C=O) groups is 2. The second-order valence-electron chi connectivity index (χ2n) is 4.68. The molecule has 0 radical (unpaired) electrons. The Kier molecular flexibility index (Phi) is 3.97. The van der Waals surface area contributed by atoms with E-state index >= 15 is 0 Å². The first kappa shape index (κ1) is 12.6. The molecule has 0 aromatic heterocycles. The van der Waals surface area contributed by atoms with E-state index in [0.717, 1.165) is 18.5 Å². The summed E-state index contributed by atoms with van der Waals surface area (Å²) >= 11 is 0. The monoisotopic (exact) mass is 246 g/mol. The molecule has 2 rings (SSSR count). The van der Waals surface area contributed by atoms with Crippen molar-refractivity contribution in [2.24, 2.45) is 0 Å². The fourth-order valence-corrected chi connectivity index (χ4v) is 2.21. The molecule has 96 valence electrons. The third-order valence-electron chi connectivity index (χ3n) is 3.41. The Balaban J connectivity index is 1.91. The quantitative estimate of drug-likeness (QED) is 0.872. The van der Waals surface area contributed by atoms with E-state index in [4.69, 9.17) is 0 Å². The van der Waals surface area contributed by atoms with Crippen molar-refractivity contribution in [1.29, 1.82) is 0 Å². The lowest BCUT2D eigenvalue weighted by molar-refractivity contribution is -0.121. The summed E-state index contributed by atoms with van der Waals surface area (Å²) in [6.07, 6.45) is 2.73. The Morgan fingerprint density at radius 1 is 1.22 bits per heavy atom. The van der Waals surface area contributed by atoms with Crippen molar-refractivity contribution in [2.75, 3.05) is 12.4 Å². The lowest BCUT2D eigenvalue weighted by Gasteiger charge is -2.30. The molecule has 18 heavy (non-hydrogen) atoms. The number of benzene rings is 1. The van der Waals surface area contributed by atoms with Crippen LogP contribution < -0.4 is 5.32 Å². The van der Waals surface area contributed by atoms with E-state index in [1.54, 1.807) is 11.9 Å². The number of nitrogens with one attached hydrogen (secondary N) is 1. The van der Waals surface area contributed by atoms with Gasteiger partial charge in [0, 0.05) is 31.6 Å². The molecule has 1 N–H and O–H groups in total. The SMILES string of the molecule is CN(C(=O)Nc1ccccc1)C1CCC(=O)CC1. The van der Waals surface area contributed by atoms with E-state index in [1.807, 2.05) is 30.3 Å². The first-order chi connectivity index (χ1) is 8.66. The van der Waals surface area contributed by atoms with Crippen LogP contribution in [0.15, 0.2) is 30.3 Å². The first-order valence-electron chi connectivity index (χ1n) is 6.27. The molecule has 1 fully saturated rings. The fraction of sp³-hybridized carbons (Fsp3) is 0.429. The minimum atomic E-state index is -0.111. The summed E-state index contributed by atoms with van der Waals surface area (Å²) in [5.74, 6) is 0.308. The van der Waals surface area contributed by atoms with Crippen LogP contribution in [0.1, 0.15) is 25.7 Å². The van der Waals surface area contributed by atoms with Crippen LogP contribution in [0.4, 0.5) is 10.5 Å². The highest BCUT2D eigenvalue weighted by molar-refractivity contribution is 5.89. The average Bonchev–Trinajstić information content (AvgIpc) is 2.40. The lowest BCUT2D eigenvalue weighted by Crippen LogP contribution is -2.41. The van der Waals surface area contributed by atoms with Crippen molar-refractivity contribution in [1.82, 2.24) is 4.90 Å². The van der Waals surface area contributed by atoms with Crippen molar-refractivity contribution in [2.45, 2.75) is 31.7 Å². The molecule has 0 atom stereocenters. The lowest BCUT2D eigenvalue weighted by atomic mass is 9.93. The number of amides is 2. The van der Waals surface area contributed by atoms with Gasteiger partial charge in [0.05, 0.1) is 0 Å². The van der Waals surface area contributed by atoms with Gasteiger partial charge in [-0.1, -0.05) is 18.2 Å². The number of ketones is 1. The number of hydrogen-bond donors (Lipinski definition) is 1. The van der Waals surface area contributed by atoms with Gasteiger partial charge in [0.2, 0.25) is 0 Å². The van der Waals surface area contributed by atoms with Gasteiger partial charge in [-0.15, -0.1) is 0 Å². The summed E-state index contributed by atoms with van der Waals surface area (Å²) in [7, 11) is 1.79. The van der Waals surface area contributed by atoms with E-state index in [-0.39, 0.29) is 12.1 Å². The highest BCUT2D eigenvalue weighted by Crippen LogP contribution is 2.20. The molecule has 0 bridgehead atoms. The smallest absolute Gasteiger partial charge is 0.321 e. The minimum absolute atomic E-state index is 0.111. The standard InChI is InChI=1S/C14H18N2O2/c1-16(12-7-9-13(17)10-8-12)14(18)15-11-5-3-2-4-6-11/h2-6,12H,7-10H2,1H3,(H,15,18). The van der Waals surface area contributed by atoms with Gasteiger partial charge in [-0.05, 0) is 25.0 Å². The van der Waals surface area contributed by atoms with Crippen molar-refractivity contribution >= 4 is 17.5 Å². The summed E-state index contributed by atoms with van der Waals surface area (Å²) in [6, 6.07) is 9.45. The van der Waals surface area contributed by atoms with Gasteiger partial charge in [-0.3, -0.25) is 4.79 Å². The van der Waals surface area contributed by atoms with E-state index in [9.17, 15) is 9.59 Å². The molecule has 0 unspecified atom stereocenters. The number of Topliss-reactive ketones (excluding diaryl/α,β-unsaturated/α-hetero) is 1. The molecule has 2 amide bonds. The van der Waals surface area contributed by atoms with Crippen LogP contribution in [0.3, 0.4) is 0 Å². The number of carbonyl (C=O) groups excluding carboxylic acids is 2. The zero-order chi connectivity index (χ0) is 13.0. The van der Waals surface area contributed by atoms with Crippen LogP contribution in [-0.4, -0.2) is 29.8 Å². The molecule has 1 aliphatic rings. The van der Waals surface area contributed by atoms with E-state index in [1.165, 1.54) is 0 Å². The highest BCUT2D eigenvalue weighted by Gasteiger charge is 2.25. The summed E-state index contributed by atoms with van der Waals surface area (Å²) in [6.45, 7) is 0. The Hall–Kier alpha value is -1.84. The maximum atomic E-state index is 12.0. The summed E-state index contributed by atoms with van der Waals surface area (Å²) in [5, 5.41) is 2.85. The van der Waals surface area contributed by atoms with Gasteiger partial charge in [0.1, 0.15) is 5.78 Å². The highest BCUT2D eigenvalue weighted by atomic mass is 16.2. The van der Waals surface area contributed by atoms with Crippen LogP contribution in [0.5, 0.6) is 0 Å². The Labute approximate surface area is 107 Å². The zero-order valence-corrected chi connectivity index (χ0v) is 10.6. The summed E-state index contributed by atoms with van der Waals surface area (Å²) in [4.78, 5) is 24.9. The predicted octanol–water partition coefficient (Wildman–Crippen LogP) is 2.66. The maximum Gasteiger partial charge on any atom is 0.321 e. The molecule has 0 aliphatic heterocycles. The van der Waals surface area contributed by atoms with E-state index in [2.05, 4.69) is 5.32 Å². The summed E-state index contributed by atoms with van der Waals surface area (Å²) in [5.41, 5.74) is 0.793. The Bertz CT molecular complexity index is 421. The van der Waals surface area contributed by atoms with Crippen molar-refractivity contribution in [3.05, 3.63) is 30.3 Å². The zero-order valence-electron chi connectivity index (χ0n) is 10.6. The molecule has 1 aliphatic carbocycles. The topological polar surface area (TPSA) is 49.4 Å². The van der Waals surface area contributed by atoms with Gasteiger partial charge >= 0.3 is 6.03 Å². The molecule has 0 saturated heterocycles. The van der Waals surface area contributed by atoms with Gasteiger partial charge in [0.25, 0.3) is 0 Å². The number of urea groups is 1. The molecule has 0 spiro atoms. The molecule has 4 heteroatoms. The van der Waals surface area contributed by atoms with Crippen LogP contribution in [0.25, 0.3) is 0 Å². The first-order valence-corrected chi connectivity index (χ1v) is 6.27. The molecule has 4 nitrogen and oxygen atoms in total. The van der Waals surface area contributed by atoms with Crippen LogP contribution in [0.2, 0.25) is 0 Å². The minimum Gasteiger partial charge on any atom is -0.325 e. The van der Waals surface area contributed by atoms with E-state index < -0.39 is 0 Å². The average molecular weight is 246 g/mol. The van der Waals surface area contributed by atoms with Crippen molar-refractivity contribution in [3.63, 3.8) is 0 Å². The van der Waals surface area contributed by atoms with Crippen LogP contribution >= 0.6 is 0 Å². The van der Waals surface area contributed by atoms with Gasteiger partial charge < -0.3 is 10.2 Å². The third-order valence-corrected chi connectivity index (χ3v) is 3.41. The molecular weight excluding hydrogens is 228 g/mol. The third kappa shape index (κ3) is 3.09. The Morgan fingerprint density at radius 2 is 1.83 bits per heavy atom. The molecule has 1 aromatic carbocycles.